The van der Waals surface area contributed by atoms with Gasteiger partial charge in [-0.05, 0) is 25.5 Å². The van der Waals surface area contributed by atoms with Gasteiger partial charge in [0.1, 0.15) is 5.54 Å². The minimum Gasteiger partial charge on any atom is -0.468 e. The molecule has 1 aromatic rings. The Hall–Kier alpha value is -1.00. The third-order valence-electron chi connectivity index (χ3n) is 2.90. The molecule has 1 aromatic carbocycles. The molecule has 0 bridgehead atoms. The predicted molar refractivity (Wildman–Crippen MR) is 81.3 cm³/mol. The van der Waals surface area contributed by atoms with Crippen LogP contribution in [-0.2, 0) is 15.3 Å². The van der Waals surface area contributed by atoms with Crippen molar-refractivity contribution in [2.24, 2.45) is 0 Å². The summed E-state index contributed by atoms with van der Waals surface area (Å²) >= 11 is 1.74. The SMILES string of the molecule is CCCNC(C)(CSCc1ccccc1)C(=O)OC. The number of carbonyl (C=O) groups excluding carboxylic acids is 1. The Kier molecular flexibility index (Phi) is 6.95. The van der Waals surface area contributed by atoms with Crippen molar-refractivity contribution in [3.8, 4) is 0 Å². The fraction of sp³-hybridized carbons (Fsp3) is 0.533. The number of hydrogen-bond acceptors (Lipinski definition) is 4. The maximum atomic E-state index is 11.9. The van der Waals surface area contributed by atoms with E-state index in [9.17, 15) is 4.79 Å². The molecule has 0 aliphatic carbocycles. The van der Waals surface area contributed by atoms with E-state index in [-0.39, 0.29) is 5.97 Å². The van der Waals surface area contributed by atoms with Crippen molar-refractivity contribution in [1.29, 1.82) is 0 Å². The van der Waals surface area contributed by atoms with Gasteiger partial charge in [-0.2, -0.15) is 11.8 Å². The maximum absolute atomic E-state index is 11.9. The first-order valence-electron chi connectivity index (χ1n) is 6.57. The molecule has 0 saturated heterocycles. The smallest absolute Gasteiger partial charge is 0.326 e. The van der Waals surface area contributed by atoms with Gasteiger partial charge in [0.15, 0.2) is 0 Å². The van der Waals surface area contributed by atoms with E-state index >= 15 is 0 Å². The number of esters is 1. The lowest BCUT2D eigenvalue weighted by Gasteiger charge is -2.27. The summed E-state index contributed by atoms with van der Waals surface area (Å²) in [5.74, 6) is 1.41. The zero-order valence-electron chi connectivity index (χ0n) is 11.9. The second kappa shape index (κ2) is 8.23. The fourth-order valence-electron chi connectivity index (χ4n) is 1.76. The molecule has 3 nitrogen and oxygen atoms in total. The van der Waals surface area contributed by atoms with E-state index in [1.165, 1.54) is 12.7 Å². The molecule has 4 heteroatoms. The van der Waals surface area contributed by atoms with Crippen LogP contribution in [0.4, 0.5) is 0 Å². The Labute approximate surface area is 120 Å². The number of nitrogens with one attached hydrogen (secondary N) is 1. The minimum absolute atomic E-state index is 0.193. The average molecular weight is 281 g/mol. The molecule has 19 heavy (non-hydrogen) atoms. The summed E-state index contributed by atoms with van der Waals surface area (Å²) in [5, 5.41) is 3.29. The fourth-order valence-corrected chi connectivity index (χ4v) is 2.91. The molecule has 0 aliphatic rings. The van der Waals surface area contributed by atoms with E-state index < -0.39 is 5.54 Å². The second-order valence-corrected chi connectivity index (χ2v) is 5.71. The minimum atomic E-state index is -0.607. The quantitative estimate of drug-likeness (QED) is 0.744. The molecule has 0 aliphatic heterocycles. The van der Waals surface area contributed by atoms with Gasteiger partial charge in [0.05, 0.1) is 7.11 Å². The van der Waals surface area contributed by atoms with Gasteiger partial charge in [0.25, 0.3) is 0 Å². The van der Waals surface area contributed by atoms with E-state index in [4.69, 9.17) is 4.74 Å². The average Bonchev–Trinajstić information content (AvgIpc) is 2.45. The zero-order chi connectivity index (χ0) is 14.1. The molecule has 1 rings (SSSR count). The molecule has 1 atom stereocenters. The third-order valence-corrected chi connectivity index (χ3v) is 4.22. The summed E-state index contributed by atoms with van der Waals surface area (Å²) in [6.45, 7) is 4.81. The Bertz CT molecular complexity index is 383. The molecular weight excluding hydrogens is 258 g/mol. The van der Waals surface area contributed by atoms with Crippen molar-refractivity contribution >= 4 is 17.7 Å². The van der Waals surface area contributed by atoms with Gasteiger partial charge in [-0.15, -0.1) is 0 Å². The zero-order valence-corrected chi connectivity index (χ0v) is 12.8. The molecular formula is C15H23NO2S. The highest BCUT2D eigenvalue weighted by atomic mass is 32.2. The highest BCUT2D eigenvalue weighted by Crippen LogP contribution is 2.19. The van der Waals surface area contributed by atoms with Crippen LogP contribution in [-0.4, -0.2) is 30.9 Å². The Balaban J connectivity index is 2.51. The van der Waals surface area contributed by atoms with E-state index in [1.54, 1.807) is 11.8 Å². The van der Waals surface area contributed by atoms with Crippen LogP contribution in [0, 0.1) is 0 Å². The molecule has 0 aromatic heterocycles. The van der Waals surface area contributed by atoms with Crippen molar-refractivity contribution in [3.63, 3.8) is 0 Å². The van der Waals surface area contributed by atoms with Crippen LogP contribution < -0.4 is 5.32 Å². The van der Waals surface area contributed by atoms with Gasteiger partial charge in [-0.25, -0.2) is 0 Å². The Morgan fingerprint density at radius 1 is 1.37 bits per heavy atom. The first-order chi connectivity index (χ1) is 9.12. The molecule has 1 unspecified atom stereocenters. The lowest BCUT2D eigenvalue weighted by Crippen LogP contribution is -2.52. The summed E-state index contributed by atoms with van der Waals surface area (Å²) < 4.78 is 4.90. The highest BCUT2D eigenvalue weighted by molar-refractivity contribution is 7.98. The van der Waals surface area contributed by atoms with Crippen molar-refractivity contribution in [3.05, 3.63) is 35.9 Å². The van der Waals surface area contributed by atoms with Crippen LogP contribution in [0.1, 0.15) is 25.8 Å². The number of benzene rings is 1. The summed E-state index contributed by atoms with van der Waals surface area (Å²) in [5.41, 5.74) is 0.666. The largest absolute Gasteiger partial charge is 0.468 e. The molecule has 0 saturated carbocycles. The summed E-state index contributed by atoms with van der Waals surface area (Å²) in [7, 11) is 1.44. The molecule has 106 valence electrons. The lowest BCUT2D eigenvalue weighted by atomic mass is 10.1. The van der Waals surface area contributed by atoms with Crippen LogP contribution in [0.25, 0.3) is 0 Å². The van der Waals surface area contributed by atoms with E-state index in [0.717, 1.165) is 18.7 Å². The Morgan fingerprint density at radius 2 is 2.05 bits per heavy atom. The van der Waals surface area contributed by atoms with Crippen molar-refractivity contribution in [2.75, 3.05) is 19.4 Å². The monoisotopic (exact) mass is 281 g/mol. The van der Waals surface area contributed by atoms with Gasteiger partial charge < -0.3 is 10.1 Å². The van der Waals surface area contributed by atoms with E-state index in [0.29, 0.717) is 5.75 Å². The first kappa shape index (κ1) is 16.1. The van der Waals surface area contributed by atoms with Gasteiger partial charge in [0.2, 0.25) is 0 Å². The number of carbonyl (C=O) groups is 1. The van der Waals surface area contributed by atoms with Crippen LogP contribution in [0.5, 0.6) is 0 Å². The van der Waals surface area contributed by atoms with Gasteiger partial charge in [0, 0.05) is 11.5 Å². The number of hydrogen-bond donors (Lipinski definition) is 1. The normalized spacial score (nSPS) is 13.8. The summed E-state index contributed by atoms with van der Waals surface area (Å²) in [6, 6.07) is 10.3. The maximum Gasteiger partial charge on any atom is 0.326 e. The molecule has 0 radical (unpaired) electrons. The summed E-state index contributed by atoms with van der Waals surface area (Å²) in [6.07, 6.45) is 0.996. The van der Waals surface area contributed by atoms with Crippen LogP contribution in [0.2, 0.25) is 0 Å². The second-order valence-electron chi connectivity index (χ2n) is 4.73. The van der Waals surface area contributed by atoms with E-state index in [2.05, 4.69) is 24.4 Å². The van der Waals surface area contributed by atoms with Crippen molar-refractivity contribution in [1.82, 2.24) is 5.32 Å². The molecule has 1 N–H and O–H groups in total. The number of ether oxygens (including phenoxy) is 1. The van der Waals surface area contributed by atoms with Gasteiger partial charge in [-0.1, -0.05) is 37.3 Å². The van der Waals surface area contributed by atoms with Crippen LogP contribution in [0.3, 0.4) is 0 Å². The van der Waals surface area contributed by atoms with Crippen molar-refractivity contribution < 1.29 is 9.53 Å². The first-order valence-corrected chi connectivity index (χ1v) is 7.73. The van der Waals surface area contributed by atoms with Crippen molar-refractivity contribution in [2.45, 2.75) is 31.6 Å². The number of rotatable bonds is 8. The van der Waals surface area contributed by atoms with Gasteiger partial charge >= 0.3 is 5.97 Å². The topological polar surface area (TPSA) is 38.3 Å². The summed E-state index contributed by atoms with van der Waals surface area (Å²) in [4.78, 5) is 11.9. The molecule has 0 fully saturated rings. The number of methoxy groups -OCH3 is 1. The molecule has 0 heterocycles. The van der Waals surface area contributed by atoms with Crippen LogP contribution in [0.15, 0.2) is 30.3 Å². The standard InChI is InChI=1S/C15H23NO2S/c1-4-10-16-15(2,14(17)18-3)12-19-11-13-8-6-5-7-9-13/h5-9,16H,4,10-12H2,1-3H3. The molecule has 0 spiro atoms. The Morgan fingerprint density at radius 3 is 2.63 bits per heavy atom. The molecule has 0 amide bonds. The predicted octanol–water partition coefficient (Wildman–Crippen LogP) is 2.85. The lowest BCUT2D eigenvalue weighted by molar-refractivity contribution is -0.146. The van der Waals surface area contributed by atoms with Gasteiger partial charge in [-0.3, -0.25) is 4.79 Å². The van der Waals surface area contributed by atoms with Crippen LogP contribution >= 0.6 is 11.8 Å². The van der Waals surface area contributed by atoms with E-state index in [1.807, 2.05) is 25.1 Å². The number of thioether (sulfide) groups is 1. The highest BCUT2D eigenvalue weighted by Gasteiger charge is 2.33. The third kappa shape index (κ3) is 5.25.